The van der Waals surface area contributed by atoms with Gasteiger partial charge in [-0.05, 0) is 26.0 Å². The van der Waals surface area contributed by atoms with Gasteiger partial charge in [0.25, 0.3) is 5.91 Å². The number of aliphatic hydroxyl groups is 1. The average molecular weight is 305 g/mol. The van der Waals surface area contributed by atoms with Crippen molar-refractivity contribution >= 4 is 28.1 Å². The molecule has 1 amide bonds. The molecule has 0 aliphatic rings. The number of anilines is 2. The highest BCUT2D eigenvalue weighted by Gasteiger charge is 2.17. The summed E-state index contributed by atoms with van der Waals surface area (Å²) in [7, 11) is 0. The Morgan fingerprint density at radius 2 is 2.10 bits per heavy atom. The lowest BCUT2D eigenvalue weighted by Crippen LogP contribution is -2.33. The summed E-state index contributed by atoms with van der Waals surface area (Å²) in [6.07, 6.45) is 0. The molecule has 0 aliphatic carbocycles. The maximum atomic E-state index is 12.2. The third-order valence-electron chi connectivity index (χ3n) is 3.06. The van der Waals surface area contributed by atoms with Gasteiger partial charge < -0.3 is 15.3 Å². The predicted octanol–water partition coefficient (Wildman–Crippen LogP) is 2.65. The van der Waals surface area contributed by atoms with Gasteiger partial charge >= 0.3 is 0 Å². The van der Waals surface area contributed by atoms with Gasteiger partial charge in [-0.1, -0.05) is 17.7 Å². The molecular formula is C15H19N3O2S. The number of rotatable bonds is 6. The first-order chi connectivity index (χ1) is 10.1. The summed E-state index contributed by atoms with van der Waals surface area (Å²) in [5.74, 6) is -0.153. The zero-order valence-corrected chi connectivity index (χ0v) is 13.0. The molecule has 6 heteroatoms. The molecule has 0 saturated carbocycles. The average Bonchev–Trinajstić information content (AvgIpc) is 2.95. The molecule has 1 heterocycles. The summed E-state index contributed by atoms with van der Waals surface area (Å²) < 4.78 is 0. The Morgan fingerprint density at radius 1 is 1.38 bits per heavy atom. The Morgan fingerprint density at radius 3 is 2.71 bits per heavy atom. The molecule has 0 unspecified atom stereocenters. The first-order valence-electron chi connectivity index (χ1n) is 6.83. The van der Waals surface area contributed by atoms with Crippen molar-refractivity contribution in [2.45, 2.75) is 13.8 Å². The standard InChI is InChI=1S/C15H19N3O2S/c1-3-18(8-9-19)14(20)13-10-21-15(17-13)16-12-6-4-11(2)5-7-12/h4-7,10,19H,3,8-9H2,1-2H3,(H,16,17). The topological polar surface area (TPSA) is 65.5 Å². The number of hydrogen-bond donors (Lipinski definition) is 2. The highest BCUT2D eigenvalue weighted by molar-refractivity contribution is 7.14. The van der Waals surface area contributed by atoms with E-state index in [9.17, 15) is 4.79 Å². The van der Waals surface area contributed by atoms with E-state index >= 15 is 0 Å². The minimum atomic E-state index is -0.153. The normalized spacial score (nSPS) is 10.4. The van der Waals surface area contributed by atoms with Crippen LogP contribution in [0.25, 0.3) is 0 Å². The first kappa shape index (κ1) is 15.5. The number of benzene rings is 1. The van der Waals surface area contributed by atoms with Crippen LogP contribution in [0.5, 0.6) is 0 Å². The molecule has 0 radical (unpaired) electrons. The number of likely N-dealkylation sites (N-methyl/N-ethyl adjacent to an activating group) is 1. The molecule has 112 valence electrons. The molecule has 21 heavy (non-hydrogen) atoms. The van der Waals surface area contributed by atoms with Gasteiger partial charge in [0.2, 0.25) is 0 Å². The number of nitrogens with one attached hydrogen (secondary N) is 1. The molecule has 2 rings (SSSR count). The van der Waals surface area contributed by atoms with Crippen molar-refractivity contribution in [1.29, 1.82) is 0 Å². The molecule has 2 aromatic rings. The second-order valence-electron chi connectivity index (χ2n) is 4.64. The van der Waals surface area contributed by atoms with Gasteiger partial charge in [0.1, 0.15) is 5.69 Å². The van der Waals surface area contributed by atoms with E-state index < -0.39 is 0 Å². The van der Waals surface area contributed by atoms with Gasteiger partial charge in [-0.25, -0.2) is 4.98 Å². The van der Waals surface area contributed by atoms with Crippen LogP contribution in [0.2, 0.25) is 0 Å². The van der Waals surface area contributed by atoms with Crippen LogP contribution in [0.4, 0.5) is 10.8 Å². The van der Waals surface area contributed by atoms with Gasteiger partial charge in [-0.3, -0.25) is 4.79 Å². The number of amides is 1. The summed E-state index contributed by atoms with van der Waals surface area (Å²) in [6.45, 7) is 4.75. The minimum absolute atomic E-state index is 0.0435. The van der Waals surface area contributed by atoms with Crippen molar-refractivity contribution in [2.24, 2.45) is 0 Å². The Labute approximate surface area is 128 Å². The van der Waals surface area contributed by atoms with E-state index in [0.29, 0.717) is 23.9 Å². The zero-order chi connectivity index (χ0) is 15.2. The Hall–Kier alpha value is -1.92. The third-order valence-corrected chi connectivity index (χ3v) is 3.82. The van der Waals surface area contributed by atoms with Crippen molar-refractivity contribution < 1.29 is 9.90 Å². The van der Waals surface area contributed by atoms with Crippen molar-refractivity contribution in [3.05, 3.63) is 40.9 Å². The maximum Gasteiger partial charge on any atom is 0.273 e. The fraction of sp³-hybridized carbons (Fsp3) is 0.333. The summed E-state index contributed by atoms with van der Waals surface area (Å²) in [6, 6.07) is 7.98. The molecule has 2 N–H and O–H groups in total. The minimum Gasteiger partial charge on any atom is -0.395 e. The second-order valence-corrected chi connectivity index (χ2v) is 5.50. The Bertz CT molecular complexity index is 595. The van der Waals surface area contributed by atoms with Crippen LogP contribution >= 0.6 is 11.3 Å². The molecule has 0 fully saturated rings. The van der Waals surface area contributed by atoms with Crippen molar-refractivity contribution in [3.63, 3.8) is 0 Å². The van der Waals surface area contributed by atoms with E-state index in [2.05, 4.69) is 10.3 Å². The van der Waals surface area contributed by atoms with E-state index in [4.69, 9.17) is 5.11 Å². The molecule has 1 aromatic heterocycles. The largest absolute Gasteiger partial charge is 0.395 e. The number of aryl methyl sites for hydroxylation is 1. The number of aliphatic hydroxyl groups excluding tert-OH is 1. The van der Waals surface area contributed by atoms with Crippen LogP contribution in [-0.2, 0) is 0 Å². The Kier molecular flexibility index (Phi) is 5.30. The zero-order valence-electron chi connectivity index (χ0n) is 12.2. The number of aromatic nitrogens is 1. The van der Waals surface area contributed by atoms with E-state index in [1.165, 1.54) is 16.9 Å². The predicted molar refractivity (Wildman–Crippen MR) is 85.2 cm³/mol. The lowest BCUT2D eigenvalue weighted by Gasteiger charge is -2.17. The van der Waals surface area contributed by atoms with Gasteiger partial charge in [0, 0.05) is 24.2 Å². The Balaban J connectivity index is 2.07. The summed E-state index contributed by atoms with van der Waals surface area (Å²) in [4.78, 5) is 18.1. The van der Waals surface area contributed by atoms with Gasteiger partial charge in [0.15, 0.2) is 5.13 Å². The number of hydrogen-bond acceptors (Lipinski definition) is 5. The van der Waals surface area contributed by atoms with Crippen LogP contribution in [0, 0.1) is 6.92 Å². The van der Waals surface area contributed by atoms with Crippen molar-refractivity contribution in [1.82, 2.24) is 9.88 Å². The van der Waals surface area contributed by atoms with E-state index in [1.54, 1.807) is 10.3 Å². The second kappa shape index (κ2) is 7.19. The molecule has 0 atom stereocenters. The number of carbonyl (C=O) groups is 1. The molecule has 0 aliphatic heterocycles. The van der Waals surface area contributed by atoms with Gasteiger partial charge in [0.05, 0.1) is 6.61 Å². The highest BCUT2D eigenvalue weighted by atomic mass is 32.1. The maximum absolute atomic E-state index is 12.2. The lowest BCUT2D eigenvalue weighted by molar-refractivity contribution is 0.0727. The quantitative estimate of drug-likeness (QED) is 0.861. The van der Waals surface area contributed by atoms with E-state index in [1.807, 2.05) is 38.1 Å². The van der Waals surface area contributed by atoms with Crippen LogP contribution < -0.4 is 5.32 Å². The highest BCUT2D eigenvalue weighted by Crippen LogP contribution is 2.21. The molecule has 0 bridgehead atoms. The SMILES string of the molecule is CCN(CCO)C(=O)c1csc(Nc2ccc(C)cc2)n1. The summed E-state index contributed by atoms with van der Waals surface area (Å²) in [5, 5.41) is 14.6. The molecule has 1 aromatic carbocycles. The number of thiazole rings is 1. The number of nitrogens with zero attached hydrogens (tertiary/aromatic N) is 2. The number of carbonyl (C=O) groups excluding carboxylic acids is 1. The van der Waals surface area contributed by atoms with Crippen molar-refractivity contribution in [3.8, 4) is 0 Å². The van der Waals surface area contributed by atoms with Crippen LogP contribution in [0.3, 0.4) is 0 Å². The molecule has 5 nitrogen and oxygen atoms in total. The monoisotopic (exact) mass is 305 g/mol. The molecule has 0 saturated heterocycles. The van der Waals surface area contributed by atoms with E-state index in [-0.39, 0.29) is 12.5 Å². The summed E-state index contributed by atoms with van der Waals surface area (Å²) in [5.41, 5.74) is 2.54. The lowest BCUT2D eigenvalue weighted by atomic mass is 10.2. The van der Waals surface area contributed by atoms with Crippen LogP contribution in [-0.4, -0.2) is 40.6 Å². The molecular weight excluding hydrogens is 286 g/mol. The van der Waals surface area contributed by atoms with Gasteiger partial charge in [-0.15, -0.1) is 11.3 Å². The fourth-order valence-electron chi connectivity index (χ4n) is 1.88. The van der Waals surface area contributed by atoms with E-state index in [0.717, 1.165) is 5.69 Å². The molecule has 0 spiro atoms. The summed E-state index contributed by atoms with van der Waals surface area (Å²) >= 11 is 1.39. The van der Waals surface area contributed by atoms with Crippen LogP contribution in [0.1, 0.15) is 23.0 Å². The van der Waals surface area contributed by atoms with Gasteiger partial charge in [-0.2, -0.15) is 0 Å². The van der Waals surface area contributed by atoms with Crippen molar-refractivity contribution in [2.75, 3.05) is 25.0 Å². The third kappa shape index (κ3) is 4.03. The fourth-order valence-corrected chi connectivity index (χ4v) is 2.58. The first-order valence-corrected chi connectivity index (χ1v) is 7.71. The smallest absolute Gasteiger partial charge is 0.273 e. The van der Waals surface area contributed by atoms with Crippen LogP contribution in [0.15, 0.2) is 29.6 Å².